The normalized spacial score (nSPS) is 11.3. The molecule has 3 nitrogen and oxygen atoms in total. The average Bonchev–Trinajstić information content (AvgIpc) is 2.32. The van der Waals surface area contributed by atoms with Gasteiger partial charge in [0.05, 0.1) is 5.56 Å². The summed E-state index contributed by atoms with van der Waals surface area (Å²) in [6, 6.07) is 7.20. The molecule has 0 atom stereocenters. The van der Waals surface area contributed by atoms with Gasteiger partial charge in [0, 0.05) is 6.07 Å². The van der Waals surface area contributed by atoms with Crippen LogP contribution in [0, 0.1) is 0 Å². The van der Waals surface area contributed by atoms with Crippen molar-refractivity contribution in [2.45, 2.75) is 6.18 Å². The van der Waals surface area contributed by atoms with Crippen LogP contribution in [0.3, 0.4) is 0 Å². The van der Waals surface area contributed by atoms with Gasteiger partial charge < -0.3 is 4.74 Å². The zero-order valence-electron chi connectivity index (χ0n) is 8.78. The van der Waals surface area contributed by atoms with Gasteiger partial charge in [-0.2, -0.15) is 13.2 Å². The fourth-order valence-corrected chi connectivity index (χ4v) is 1.29. The Morgan fingerprint density at radius 2 is 1.61 bits per heavy atom. The Bertz CT molecular complexity index is 525. The number of hydrogen-bond donors (Lipinski definition) is 0. The molecule has 0 radical (unpaired) electrons. The molecule has 2 rings (SSSR count). The summed E-state index contributed by atoms with van der Waals surface area (Å²) >= 11 is 5.53. The smallest absolute Gasteiger partial charge is 0.416 e. The Balaban J connectivity index is 2.13. The first-order valence-electron chi connectivity index (χ1n) is 4.79. The largest absolute Gasteiger partial charge is 0.438 e. The zero-order valence-corrected chi connectivity index (χ0v) is 9.53. The lowest BCUT2D eigenvalue weighted by Gasteiger charge is -2.07. The summed E-state index contributed by atoms with van der Waals surface area (Å²) in [6.07, 6.45) is -4.36. The Hall–Kier alpha value is -1.82. The lowest BCUT2D eigenvalue weighted by atomic mass is 10.2. The van der Waals surface area contributed by atoms with E-state index in [2.05, 4.69) is 10.2 Å². The third-order valence-corrected chi connectivity index (χ3v) is 2.21. The summed E-state index contributed by atoms with van der Waals surface area (Å²) in [5.74, 6) is 0.388. The molecule has 7 heteroatoms. The van der Waals surface area contributed by atoms with Gasteiger partial charge in [-0.15, -0.1) is 10.2 Å². The van der Waals surface area contributed by atoms with Crippen LogP contribution in [0.15, 0.2) is 36.4 Å². The van der Waals surface area contributed by atoms with E-state index in [1.165, 1.54) is 24.3 Å². The molecule has 0 saturated heterocycles. The molecule has 1 aromatic carbocycles. The Kier molecular flexibility index (Phi) is 3.38. The standard InChI is InChI=1S/C11H6ClF3N2O/c12-9-5-6-10(17-16-9)18-8-3-1-7(2-4-8)11(13,14)15/h1-6H. The van der Waals surface area contributed by atoms with Crippen LogP contribution in [-0.4, -0.2) is 10.2 Å². The van der Waals surface area contributed by atoms with E-state index in [0.29, 0.717) is 0 Å². The highest BCUT2D eigenvalue weighted by Gasteiger charge is 2.30. The van der Waals surface area contributed by atoms with Crippen molar-refractivity contribution < 1.29 is 17.9 Å². The van der Waals surface area contributed by atoms with Crippen molar-refractivity contribution >= 4 is 11.6 Å². The first-order chi connectivity index (χ1) is 8.45. The monoisotopic (exact) mass is 274 g/mol. The van der Waals surface area contributed by atoms with E-state index >= 15 is 0 Å². The van der Waals surface area contributed by atoms with E-state index < -0.39 is 11.7 Å². The van der Waals surface area contributed by atoms with Crippen LogP contribution in [0.2, 0.25) is 5.15 Å². The summed E-state index contributed by atoms with van der Waals surface area (Å²) in [7, 11) is 0. The van der Waals surface area contributed by atoms with Crippen molar-refractivity contribution in [3.05, 3.63) is 47.1 Å². The van der Waals surface area contributed by atoms with Crippen molar-refractivity contribution in [1.82, 2.24) is 10.2 Å². The number of nitrogens with zero attached hydrogens (tertiary/aromatic N) is 2. The molecule has 0 aliphatic rings. The lowest BCUT2D eigenvalue weighted by molar-refractivity contribution is -0.137. The van der Waals surface area contributed by atoms with E-state index in [9.17, 15) is 13.2 Å². The number of benzene rings is 1. The summed E-state index contributed by atoms with van der Waals surface area (Å²) in [6.45, 7) is 0. The molecular formula is C11H6ClF3N2O. The summed E-state index contributed by atoms with van der Waals surface area (Å²) in [4.78, 5) is 0. The van der Waals surface area contributed by atoms with Crippen molar-refractivity contribution in [1.29, 1.82) is 0 Å². The first kappa shape index (κ1) is 12.6. The molecule has 1 heterocycles. The van der Waals surface area contributed by atoms with Crippen molar-refractivity contribution in [2.24, 2.45) is 0 Å². The Morgan fingerprint density at radius 3 is 2.11 bits per heavy atom. The number of alkyl halides is 3. The van der Waals surface area contributed by atoms with Crippen molar-refractivity contribution in [3.63, 3.8) is 0 Å². The molecule has 0 amide bonds. The molecule has 2 aromatic rings. The molecule has 0 spiro atoms. The van der Waals surface area contributed by atoms with Gasteiger partial charge in [-0.3, -0.25) is 0 Å². The Labute approximate surface area is 105 Å². The minimum absolute atomic E-state index is 0.152. The maximum atomic E-state index is 12.3. The fraction of sp³-hybridized carbons (Fsp3) is 0.0909. The molecule has 0 bridgehead atoms. The number of halogens is 4. The van der Waals surface area contributed by atoms with E-state index in [4.69, 9.17) is 16.3 Å². The second-order valence-corrected chi connectivity index (χ2v) is 3.71. The van der Waals surface area contributed by atoms with E-state index in [1.807, 2.05) is 0 Å². The molecule has 18 heavy (non-hydrogen) atoms. The lowest BCUT2D eigenvalue weighted by Crippen LogP contribution is -2.04. The van der Waals surface area contributed by atoms with Crippen LogP contribution in [-0.2, 0) is 6.18 Å². The molecule has 0 aliphatic carbocycles. The van der Waals surface area contributed by atoms with E-state index in [0.717, 1.165) is 12.1 Å². The SMILES string of the molecule is FC(F)(F)c1ccc(Oc2ccc(Cl)nn2)cc1. The van der Waals surface area contributed by atoms with Gasteiger partial charge in [0.2, 0.25) is 5.88 Å². The van der Waals surface area contributed by atoms with Gasteiger partial charge in [0.25, 0.3) is 0 Å². The topological polar surface area (TPSA) is 35.0 Å². The minimum Gasteiger partial charge on any atom is -0.438 e. The molecule has 0 unspecified atom stereocenters. The highest BCUT2D eigenvalue weighted by Crippen LogP contribution is 2.31. The minimum atomic E-state index is -4.36. The van der Waals surface area contributed by atoms with Gasteiger partial charge in [0.1, 0.15) is 5.75 Å². The molecule has 94 valence electrons. The number of aromatic nitrogens is 2. The van der Waals surface area contributed by atoms with Gasteiger partial charge >= 0.3 is 6.18 Å². The zero-order chi connectivity index (χ0) is 13.2. The summed E-state index contributed by atoms with van der Waals surface area (Å²) in [5, 5.41) is 7.36. The van der Waals surface area contributed by atoms with Crippen LogP contribution < -0.4 is 4.74 Å². The second-order valence-electron chi connectivity index (χ2n) is 3.32. The van der Waals surface area contributed by atoms with Gasteiger partial charge in [-0.25, -0.2) is 0 Å². The molecule has 0 fully saturated rings. The maximum absolute atomic E-state index is 12.3. The molecular weight excluding hydrogens is 269 g/mol. The first-order valence-corrected chi connectivity index (χ1v) is 5.17. The van der Waals surface area contributed by atoms with E-state index in [-0.39, 0.29) is 16.8 Å². The predicted molar refractivity (Wildman–Crippen MR) is 58.6 cm³/mol. The van der Waals surface area contributed by atoms with Crippen molar-refractivity contribution in [3.8, 4) is 11.6 Å². The van der Waals surface area contributed by atoms with Gasteiger partial charge in [-0.05, 0) is 30.3 Å². The van der Waals surface area contributed by atoms with Gasteiger partial charge in [-0.1, -0.05) is 11.6 Å². The highest BCUT2D eigenvalue weighted by atomic mass is 35.5. The molecule has 0 aliphatic heterocycles. The van der Waals surface area contributed by atoms with Crippen molar-refractivity contribution in [2.75, 3.05) is 0 Å². The summed E-state index contributed by atoms with van der Waals surface area (Å²) < 4.78 is 42.1. The van der Waals surface area contributed by atoms with E-state index in [1.54, 1.807) is 0 Å². The van der Waals surface area contributed by atoms with Crippen LogP contribution in [0.4, 0.5) is 13.2 Å². The quantitative estimate of drug-likeness (QED) is 0.832. The van der Waals surface area contributed by atoms with Crippen LogP contribution in [0.25, 0.3) is 0 Å². The number of ether oxygens (including phenoxy) is 1. The Morgan fingerprint density at radius 1 is 0.944 bits per heavy atom. The third kappa shape index (κ3) is 3.10. The predicted octanol–water partition coefficient (Wildman–Crippen LogP) is 3.94. The molecule has 0 N–H and O–H groups in total. The van der Waals surface area contributed by atoms with Crippen LogP contribution >= 0.6 is 11.6 Å². The highest BCUT2D eigenvalue weighted by molar-refractivity contribution is 6.29. The maximum Gasteiger partial charge on any atom is 0.416 e. The summed E-state index contributed by atoms with van der Waals surface area (Å²) in [5.41, 5.74) is -0.739. The average molecular weight is 275 g/mol. The van der Waals surface area contributed by atoms with Crippen LogP contribution in [0.1, 0.15) is 5.56 Å². The molecule has 0 saturated carbocycles. The fourth-order valence-electron chi connectivity index (χ4n) is 1.19. The van der Waals surface area contributed by atoms with Gasteiger partial charge in [0.15, 0.2) is 5.15 Å². The third-order valence-electron chi connectivity index (χ3n) is 2.01. The second kappa shape index (κ2) is 4.81. The number of hydrogen-bond acceptors (Lipinski definition) is 3. The number of rotatable bonds is 2. The molecule has 1 aromatic heterocycles. The van der Waals surface area contributed by atoms with Crippen LogP contribution in [0.5, 0.6) is 11.6 Å².